The number of aromatic nitrogens is 1. The molecule has 0 aliphatic heterocycles. The van der Waals surface area contributed by atoms with E-state index in [1.54, 1.807) is 12.3 Å². The average molecular weight is 230 g/mol. The Morgan fingerprint density at radius 2 is 2.33 bits per heavy atom. The van der Waals surface area contributed by atoms with E-state index in [-0.39, 0.29) is 11.1 Å². The van der Waals surface area contributed by atoms with Crippen LogP contribution in [-0.2, 0) is 10.8 Å². The third-order valence-electron chi connectivity index (χ3n) is 2.15. The first-order valence-corrected chi connectivity index (χ1v) is 6.39. The van der Waals surface area contributed by atoms with Crippen LogP contribution in [0, 0.1) is 5.82 Å². The number of hydrogen-bond donors (Lipinski definition) is 1. The molecule has 0 aliphatic carbocycles. The highest BCUT2D eigenvalue weighted by atomic mass is 32.2. The molecule has 0 fully saturated rings. The van der Waals surface area contributed by atoms with Crippen molar-refractivity contribution in [2.75, 3.05) is 18.1 Å². The predicted octanol–water partition coefficient (Wildman–Crippen LogP) is 1.79. The highest BCUT2D eigenvalue weighted by Crippen LogP contribution is 2.05. The third-order valence-corrected chi connectivity index (χ3v) is 3.52. The molecule has 3 nitrogen and oxygen atoms in total. The van der Waals surface area contributed by atoms with E-state index in [4.69, 9.17) is 0 Å². The standard InChI is InChI=1S/C10H15FN2OS/c1-8(15(2)14)5-6-12-10-4-3-9(11)7-13-10/h3-4,7-8H,5-6H2,1-2H3,(H,12,13). The Labute approximate surface area is 91.6 Å². The van der Waals surface area contributed by atoms with Gasteiger partial charge in [-0.15, -0.1) is 0 Å². The van der Waals surface area contributed by atoms with E-state index in [2.05, 4.69) is 10.3 Å². The van der Waals surface area contributed by atoms with Crippen molar-refractivity contribution in [3.63, 3.8) is 0 Å². The van der Waals surface area contributed by atoms with Crippen molar-refractivity contribution in [3.8, 4) is 0 Å². The SMILES string of the molecule is CC(CCNc1ccc(F)cn1)S(C)=O. The van der Waals surface area contributed by atoms with Gasteiger partial charge in [0.15, 0.2) is 0 Å². The van der Waals surface area contributed by atoms with Crippen molar-refractivity contribution >= 4 is 16.6 Å². The fraction of sp³-hybridized carbons (Fsp3) is 0.500. The summed E-state index contributed by atoms with van der Waals surface area (Å²) in [6.07, 6.45) is 3.67. The molecule has 2 atom stereocenters. The maximum atomic E-state index is 12.5. The van der Waals surface area contributed by atoms with Gasteiger partial charge in [0.05, 0.1) is 6.20 Å². The maximum Gasteiger partial charge on any atom is 0.141 e. The molecule has 0 saturated carbocycles. The van der Waals surface area contributed by atoms with Crippen LogP contribution in [0.25, 0.3) is 0 Å². The minimum absolute atomic E-state index is 0.165. The van der Waals surface area contributed by atoms with E-state index in [0.717, 1.165) is 6.42 Å². The summed E-state index contributed by atoms with van der Waals surface area (Å²) in [5.74, 6) is 0.300. The van der Waals surface area contributed by atoms with Crippen LogP contribution in [-0.4, -0.2) is 27.2 Å². The second-order valence-electron chi connectivity index (χ2n) is 3.39. The highest BCUT2D eigenvalue weighted by Gasteiger charge is 2.05. The predicted molar refractivity (Wildman–Crippen MR) is 60.8 cm³/mol. The van der Waals surface area contributed by atoms with E-state index in [9.17, 15) is 8.60 Å². The van der Waals surface area contributed by atoms with Crippen LogP contribution in [0.5, 0.6) is 0 Å². The van der Waals surface area contributed by atoms with Crippen LogP contribution < -0.4 is 5.32 Å². The highest BCUT2D eigenvalue weighted by molar-refractivity contribution is 7.84. The molecule has 84 valence electrons. The molecule has 2 unspecified atom stereocenters. The van der Waals surface area contributed by atoms with E-state index >= 15 is 0 Å². The van der Waals surface area contributed by atoms with Gasteiger partial charge in [0.25, 0.3) is 0 Å². The van der Waals surface area contributed by atoms with Gasteiger partial charge in [0.1, 0.15) is 11.6 Å². The summed E-state index contributed by atoms with van der Waals surface area (Å²) in [6, 6.07) is 2.94. The Morgan fingerprint density at radius 1 is 1.60 bits per heavy atom. The Bertz CT molecular complexity index is 329. The number of anilines is 1. The van der Waals surface area contributed by atoms with Gasteiger partial charge < -0.3 is 5.32 Å². The first-order valence-electron chi connectivity index (χ1n) is 4.77. The van der Waals surface area contributed by atoms with Crippen LogP contribution in [0.1, 0.15) is 13.3 Å². The summed E-state index contributed by atoms with van der Waals surface area (Å²) in [6.45, 7) is 2.63. The van der Waals surface area contributed by atoms with E-state index in [0.29, 0.717) is 12.4 Å². The zero-order chi connectivity index (χ0) is 11.3. The third kappa shape index (κ3) is 4.38. The fourth-order valence-corrected chi connectivity index (χ4v) is 1.50. The number of rotatable bonds is 5. The molecule has 1 aromatic heterocycles. The number of nitrogens with one attached hydrogen (secondary N) is 1. The van der Waals surface area contributed by atoms with Crippen molar-refractivity contribution in [1.82, 2.24) is 4.98 Å². The second-order valence-corrected chi connectivity index (χ2v) is 5.19. The normalized spacial score (nSPS) is 14.6. The van der Waals surface area contributed by atoms with Gasteiger partial charge in [-0.05, 0) is 18.6 Å². The Kier molecular flexibility index (Phi) is 4.68. The summed E-state index contributed by atoms with van der Waals surface area (Å²) in [7, 11) is -0.792. The number of hydrogen-bond acceptors (Lipinski definition) is 3. The van der Waals surface area contributed by atoms with Crippen LogP contribution in [0.2, 0.25) is 0 Å². The smallest absolute Gasteiger partial charge is 0.141 e. The molecule has 1 aromatic rings. The molecule has 0 bridgehead atoms. The Hall–Kier alpha value is -0.970. The van der Waals surface area contributed by atoms with Gasteiger partial charge in [-0.2, -0.15) is 0 Å². The molecular weight excluding hydrogens is 215 g/mol. The molecule has 15 heavy (non-hydrogen) atoms. The van der Waals surface area contributed by atoms with E-state index in [1.807, 2.05) is 6.92 Å². The second kappa shape index (κ2) is 5.80. The van der Waals surface area contributed by atoms with Gasteiger partial charge >= 0.3 is 0 Å². The lowest BCUT2D eigenvalue weighted by Crippen LogP contribution is -2.15. The Balaban J connectivity index is 2.32. The summed E-state index contributed by atoms with van der Waals surface area (Å²) in [4.78, 5) is 3.86. The lowest BCUT2D eigenvalue weighted by Gasteiger charge is -2.09. The van der Waals surface area contributed by atoms with Crippen molar-refractivity contribution in [2.45, 2.75) is 18.6 Å². The monoisotopic (exact) mass is 230 g/mol. The molecule has 0 amide bonds. The summed E-state index contributed by atoms with van der Waals surface area (Å²) >= 11 is 0. The molecule has 5 heteroatoms. The van der Waals surface area contributed by atoms with Crippen LogP contribution in [0.15, 0.2) is 18.3 Å². The van der Waals surface area contributed by atoms with Crippen molar-refractivity contribution in [1.29, 1.82) is 0 Å². The van der Waals surface area contributed by atoms with Crippen LogP contribution in [0.4, 0.5) is 10.2 Å². The molecule has 0 spiro atoms. The Morgan fingerprint density at radius 3 is 2.87 bits per heavy atom. The molecule has 1 rings (SSSR count). The topological polar surface area (TPSA) is 42.0 Å². The van der Waals surface area contributed by atoms with Gasteiger partial charge in [-0.1, -0.05) is 6.92 Å². The van der Waals surface area contributed by atoms with Gasteiger partial charge in [-0.25, -0.2) is 9.37 Å². The summed E-state index contributed by atoms with van der Waals surface area (Å²) in [5, 5.41) is 3.21. The maximum absolute atomic E-state index is 12.5. The minimum Gasteiger partial charge on any atom is -0.370 e. The minimum atomic E-state index is -0.792. The quantitative estimate of drug-likeness (QED) is 0.838. The van der Waals surface area contributed by atoms with Crippen molar-refractivity contribution in [3.05, 3.63) is 24.1 Å². The van der Waals surface area contributed by atoms with Crippen molar-refractivity contribution < 1.29 is 8.60 Å². The number of halogens is 1. The lowest BCUT2D eigenvalue weighted by molar-refractivity contribution is 0.621. The summed E-state index contributed by atoms with van der Waals surface area (Å²) in [5.41, 5.74) is 0. The molecule has 0 saturated heterocycles. The molecular formula is C10H15FN2OS. The van der Waals surface area contributed by atoms with E-state index < -0.39 is 10.8 Å². The molecule has 0 aromatic carbocycles. The van der Waals surface area contributed by atoms with Crippen molar-refractivity contribution in [2.24, 2.45) is 0 Å². The molecule has 1 heterocycles. The van der Waals surface area contributed by atoms with Gasteiger partial charge in [-0.3, -0.25) is 4.21 Å². The molecule has 1 N–H and O–H groups in total. The van der Waals surface area contributed by atoms with Gasteiger partial charge in [0, 0.05) is 28.9 Å². The zero-order valence-corrected chi connectivity index (χ0v) is 9.68. The largest absolute Gasteiger partial charge is 0.370 e. The molecule has 0 radical (unpaired) electrons. The van der Waals surface area contributed by atoms with Crippen LogP contribution in [0.3, 0.4) is 0 Å². The van der Waals surface area contributed by atoms with Crippen LogP contribution >= 0.6 is 0 Å². The number of nitrogens with zero attached hydrogens (tertiary/aromatic N) is 1. The summed E-state index contributed by atoms with van der Waals surface area (Å²) < 4.78 is 23.6. The number of pyridine rings is 1. The average Bonchev–Trinajstić information content (AvgIpc) is 2.20. The van der Waals surface area contributed by atoms with E-state index in [1.165, 1.54) is 12.3 Å². The first kappa shape index (κ1) is 12.1. The zero-order valence-electron chi connectivity index (χ0n) is 8.87. The first-order chi connectivity index (χ1) is 7.09. The van der Waals surface area contributed by atoms with Gasteiger partial charge in [0.2, 0.25) is 0 Å². The lowest BCUT2D eigenvalue weighted by atomic mass is 10.3. The fourth-order valence-electron chi connectivity index (χ4n) is 1.05. The molecule has 0 aliphatic rings.